The highest BCUT2D eigenvalue weighted by atomic mass is 35.5. The van der Waals surface area contributed by atoms with Crippen LogP contribution >= 0.6 is 11.6 Å². The van der Waals surface area contributed by atoms with Crippen LogP contribution in [-0.4, -0.2) is 59.5 Å². The first-order chi connectivity index (χ1) is 13.0. The second-order valence-electron chi connectivity index (χ2n) is 6.51. The maximum Gasteiger partial charge on any atom is 0.249 e. The van der Waals surface area contributed by atoms with E-state index in [1.807, 2.05) is 54.4 Å². The van der Waals surface area contributed by atoms with E-state index in [9.17, 15) is 9.59 Å². The average molecular weight is 390 g/mol. The zero-order chi connectivity index (χ0) is 19.4. The monoisotopic (exact) mass is 389 g/mol. The van der Waals surface area contributed by atoms with Crippen molar-refractivity contribution in [3.63, 3.8) is 0 Å². The van der Waals surface area contributed by atoms with Crippen LogP contribution in [0.25, 0.3) is 0 Å². The van der Waals surface area contributed by atoms with Gasteiger partial charge in [0.1, 0.15) is 6.61 Å². The summed E-state index contributed by atoms with van der Waals surface area (Å²) in [5.41, 5.74) is 2.06. The van der Waals surface area contributed by atoms with Gasteiger partial charge in [0, 0.05) is 43.7 Å². The summed E-state index contributed by atoms with van der Waals surface area (Å²) in [6.45, 7) is 3.66. The molecular weight excluding hydrogens is 366 g/mol. The van der Waals surface area contributed by atoms with Crippen molar-refractivity contribution in [1.82, 2.24) is 14.4 Å². The molecule has 0 spiro atoms. The minimum Gasteiger partial charge on any atom is -0.375 e. The van der Waals surface area contributed by atoms with Crippen molar-refractivity contribution in [1.29, 1.82) is 0 Å². The molecule has 0 aliphatic carbocycles. The smallest absolute Gasteiger partial charge is 0.249 e. The SMILES string of the molecule is CCN(CC(=O)N1CCn2cccc2[C@@H]1c1ccc(Cl)cc1)C(=O)COC. The van der Waals surface area contributed by atoms with Crippen LogP contribution < -0.4 is 0 Å². The number of benzene rings is 1. The largest absolute Gasteiger partial charge is 0.375 e. The Morgan fingerprint density at radius 1 is 1.22 bits per heavy atom. The number of amides is 2. The Morgan fingerprint density at radius 2 is 1.96 bits per heavy atom. The van der Waals surface area contributed by atoms with Crippen molar-refractivity contribution in [3.8, 4) is 0 Å². The molecule has 2 amide bonds. The van der Waals surface area contributed by atoms with Crippen LogP contribution in [0.15, 0.2) is 42.6 Å². The van der Waals surface area contributed by atoms with Gasteiger partial charge in [-0.15, -0.1) is 0 Å². The Morgan fingerprint density at radius 3 is 2.63 bits per heavy atom. The van der Waals surface area contributed by atoms with Crippen molar-refractivity contribution in [2.75, 3.05) is 33.4 Å². The summed E-state index contributed by atoms with van der Waals surface area (Å²) in [6.07, 6.45) is 2.03. The summed E-state index contributed by atoms with van der Waals surface area (Å²) in [5, 5.41) is 0.658. The van der Waals surface area contributed by atoms with Crippen LogP contribution in [0.4, 0.5) is 0 Å². The molecule has 0 N–H and O–H groups in total. The molecule has 0 saturated carbocycles. The van der Waals surface area contributed by atoms with E-state index in [0.717, 1.165) is 17.8 Å². The minimum atomic E-state index is -0.199. The standard InChI is InChI=1S/C20H24ClN3O3/c1-3-22(19(26)14-27-2)13-18(25)24-12-11-23-10-4-5-17(23)20(24)15-6-8-16(21)9-7-15/h4-10,20H,3,11-14H2,1-2H3/t20-/m0/s1. The fraction of sp³-hybridized carbons (Fsp3) is 0.400. The van der Waals surface area contributed by atoms with Crippen LogP contribution in [0.2, 0.25) is 5.02 Å². The quantitative estimate of drug-likeness (QED) is 0.763. The van der Waals surface area contributed by atoms with Gasteiger partial charge in [0.2, 0.25) is 11.8 Å². The van der Waals surface area contributed by atoms with E-state index in [-0.39, 0.29) is 31.0 Å². The topological polar surface area (TPSA) is 54.8 Å². The number of methoxy groups -OCH3 is 1. The molecule has 0 radical (unpaired) electrons. The van der Waals surface area contributed by atoms with E-state index in [2.05, 4.69) is 4.57 Å². The first-order valence-corrected chi connectivity index (χ1v) is 9.39. The van der Waals surface area contributed by atoms with Crippen molar-refractivity contribution in [3.05, 3.63) is 58.9 Å². The number of ether oxygens (including phenoxy) is 1. The number of halogens is 1. The molecule has 1 aromatic carbocycles. The predicted octanol–water partition coefficient (Wildman–Crippen LogP) is 2.57. The Hall–Kier alpha value is -2.31. The van der Waals surface area contributed by atoms with Crippen molar-refractivity contribution < 1.29 is 14.3 Å². The van der Waals surface area contributed by atoms with Gasteiger partial charge in [0.25, 0.3) is 0 Å². The minimum absolute atomic E-state index is 0.0232. The lowest BCUT2D eigenvalue weighted by Gasteiger charge is -2.38. The normalized spacial score (nSPS) is 16.1. The molecule has 3 rings (SSSR count). The molecule has 0 unspecified atom stereocenters. The van der Waals surface area contributed by atoms with Gasteiger partial charge in [-0.25, -0.2) is 0 Å². The third-order valence-electron chi connectivity index (χ3n) is 4.87. The van der Waals surface area contributed by atoms with Crippen LogP contribution in [-0.2, 0) is 20.9 Å². The fourth-order valence-corrected chi connectivity index (χ4v) is 3.62. The molecule has 1 atom stereocenters. The number of likely N-dealkylation sites (N-methyl/N-ethyl adjacent to an activating group) is 1. The Bertz CT molecular complexity index is 803. The zero-order valence-corrected chi connectivity index (χ0v) is 16.4. The second kappa shape index (κ2) is 8.59. The molecule has 2 heterocycles. The van der Waals surface area contributed by atoms with Crippen LogP contribution in [0.3, 0.4) is 0 Å². The van der Waals surface area contributed by atoms with Crippen molar-refractivity contribution in [2.24, 2.45) is 0 Å². The predicted molar refractivity (Wildman–Crippen MR) is 104 cm³/mol. The van der Waals surface area contributed by atoms with Gasteiger partial charge in [0.15, 0.2) is 0 Å². The van der Waals surface area contributed by atoms with E-state index in [1.165, 1.54) is 12.0 Å². The van der Waals surface area contributed by atoms with Gasteiger partial charge in [0.05, 0.1) is 12.6 Å². The summed E-state index contributed by atoms with van der Waals surface area (Å²) < 4.78 is 7.08. The molecule has 0 saturated heterocycles. The number of nitrogens with zero attached hydrogens (tertiary/aromatic N) is 3. The number of aromatic nitrogens is 1. The summed E-state index contributed by atoms with van der Waals surface area (Å²) in [4.78, 5) is 28.6. The van der Waals surface area contributed by atoms with Gasteiger partial charge >= 0.3 is 0 Å². The van der Waals surface area contributed by atoms with Crippen LogP contribution in [0.1, 0.15) is 24.2 Å². The number of hydrogen-bond donors (Lipinski definition) is 0. The summed E-state index contributed by atoms with van der Waals surface area (Å²) in [7, 11) is 1.48. The van der Waals surface area contributed by atoms with E-state index in [4.69, 9.17) is 16.3 Å². The molecule has 144 valence electrons. The third kappa shape index (κ3) is 4.17. The van der Waals surface area contributed by atoms with Crippen LogP contribution in [0.5, 0.6) is 0 Å². The van der Waals surface area contributed by atoms with Crippen molar-refractivity contribution >= 4 is 23.4 Å². The maximum atomic E-state index is 13.1. The van der Waals surface area contributed by atoms with Gasteiger partial charge in [-0.05, 0) is 36.8 Å². The first kappa shape index (κ1) is 19.5. The first-order valence-electron chi connectivity index (χ1n) is 9.01. The fourth-order valence-electron chi connectivity index (χ4n) is 3.49. The molecule has 1 aliphatic rings. The molecule has 0 fully saturated rings. The highest BCUT2D eigenvalue weighted by Crippen LogP contribution is 2.33. The second-order valence-corrected chi connectivity index (χ2v) is 6.95. The number of fused-ring (bicyclic) bond motifs is 1. The number of rotatable bonds is 6. The molecule has 27 heavy (non-hydrogen) atoms. The van der Waals surface area contributed by atoms with E-state index in [0.29, 0.717) is 18.1 Å². The lowest BCUT2D eigenvalue weighted by atomic mass is 10.00. The molecule has 1 aliphatic heterocycles. The molecule has 7 heteroatoms. The number of hydrogen-bond acceptors (Lipinski definition) is 3. The lowest BCUT2D eigenvalue weighted by Crippen LogP contribution is -2.48. The van der Waals surface area contributed by atoms with Gasteiger partial charge in [-0.3, -0.25) is 9.59 Å². The van der Waals surface area contributed by atoms with E-state index >= 15 is 0 Å². The number of carbonyl (C=O) groups is 2. The van der Waals surface area contributed by atoms with Gasteiger partial charge in [-0.2, -0.15) is 0 Å². The Labute approximate surface area is 164 Å². The number of carbonyl (C=O) groups excluding carboxylic acids is 2. The molecule has 1 aromatic heterocycles. The maximum absolute atomic E-state index is 13.1. The Kier molecular flexibility index (Phi) is 6.19. The Balaban J connectivity index is 1.87. The molecule has 6 nitrogen and oxygen atoms in total. The summed E-state index contributed by atoms with van der Waals surface area (Å²) in [6, 6.07) is 11.4. The van der Waals surface area contributed by atoms with Gasteiger partial charge < -0.3 is 19.1 Å². The lowest BCUT2D eigenvalue weighted by molar-refractivity contribution is -0.143. The summed E-state index contributed by atoms with van der Waals surface area (Å²) >= 11 is 6.04. The average Bonchev–Trinajstić information content (AvgIpc) is 3.14. The highest BCUT2D eigenvalue weighted by molar-refractivity contribution is 6.30. The van der Waals surface area contributed by atoms with Crippen LogP contribution in [0, 0.1) is 0 Å². The third-order valence-corrected chi connectivity index (χ3v) is 5.12. The van der Waals surface area contributed by atoms with E-state index < -0.39 is 0 Å². The van der Waals surface area contributed by atoms with E-state index in [1.54, 1.807) is 0 Å². The van der Waals surface area contributed by atoms with Gasteiger partial charge in [-0.1, -0.05) is 23.7 Å². The molecule has 0 bridgehead atoms. The van der Waals surface area contributed by atoms with Crippen molar-refractivity contribution in [2.45, 2.75) is 19.5 Å². The highest BCUT2D eigenvalue weighted by Gasteiger charge is 2.33. The summed E-state index contributed by atoms with van der Waals surface area (Å²) in [5.74, 6) is -0.259. The molecule has 2 aromatic rings. The zero-order valence-electron chi connectivity index (χ0n) is 15.6. The molecular formula is C20H24ClN3O3.